The Bertz CT molecular complexity index is 545. The van der Waals surface area contributed by atoms with E-state index in [1.54, 1.807) is 18.2 Å². The fourth-order valence-corrected chi connectivity index (χ4v) is 1.21. The Balaban J connectivity index is 3.06. The number of hydrogen-bond acceptors (Lipinski definition) is 3. The van der Waals surface area contributed by atoms with Crippen LogP contribution < -0.4 is 5.56 Å². The Morgan fingerprint density at radius 3 is 3.08 bits per heavy atom. The van der Waals surface area contributed by atoms with E-state index in [0.717, 1.165) is 0 Å². The average molecular weight is 171 g/mol. The smallest absolute Gasteiger partial charge is 0.259 e. The molecule has 0 spiro atoms. The van der Waals surface area contributed by atoms with E-state index in [0.29, 0.717) is 16.5 Å². The molecule has 0 aliphatic carbocycles. The van der Waals surface area contributed by atoms with Crippen molar-refractivity contribution in [3.05, 3.63) is 40.4 Å². The first-order valence-corrected chi connectivity index (χ1v) is 3.69. The summed E-state index contributed by atoms with van der Waals surface area (Å²) in [6.45, 7) is 0. The van der Waals surface area contributed by atoms with Crippen molar-refractivity contribution >= 4 is 10.9 Å². The maximum absolute atomic E-state index is 11.3. The van der Waals surface area contributed by atoms with Crippen molar-refractivity contribution in [2.24, 2.45) is 0 Å². The Hall–Kier alpha value is -2.15. The van der Waals surface area contributed by atoms with Gasteiger partial charge in [0.1, 0.15) is 6.07 Å². The first-order chi connectivity index (χ1) is 6.33. The third-order valence-electron chi connectivity index (χ3n) is 1.79. The zero-order chi connectivity index (χ0) is 9.26. The number of hydrogen-bond donors (Lipinski definition) is 1. The van der Waals surface area contributed by atoms with Gasteiger partial charge in [0, 0.05) is 0 Å². The fraction of sp³-hybridized carbons (Fsp3) is 0. The maximum Gasteiger partial charge on any atom is 0.259 e. The molecule has 13 heavy (non-hydrogen) atoms. The van der Waals surface area contributed by atoms with Crippen LogP contribution in [0.5, 0.6) is 0 Å². The second-order valence-electron chi connectivity index (χ2n) is 2.54. The lowest BCUT2D eigenvalue weighted by atomic mass is 10.1. The van der Waals surface area contributed by atoms with Crippen molar-refractivity contribution in [2.75, 3.05) is 0 Å². The Morgan fingerprint density at radius 2 is 2.31 bits per heavy atom. The summed E-state index contributed by atoms with van der Waals surface area (Å²) >= 11 is 0. The van der Waals surface area contributed by atoms with Crippen LogP contribution in [0.25, 0.3) is 10.9 Å². The van der Waals surface area contributed by atoms with Gasteiger partial charge in [0.25, 0.3) is 5.56 Å². The van der Waals surface area contributed by atoms with Gasteiger partial charge in [-0.1, -0.05) is 6.07 Å². The van der Waals surface area contributed by atoms with Crippen LogP contribution >= 0.6 is 0 Å². The highest BCUT2D eigenvalue weighted by Gasteiger charge is 2.03. The van der Waals surface area contributed by atoms with Crippen LogP contribution in [0.1, 0.15) is 5.56 Å². The third kappa shape index (κ3) is 1.07. The van der Waals surface area contributed by atoms with Crippen LogP contribution in [0.4, 0.5) is 0 Å². The van der Waals surface area contributed by atoms with Crippen LogP contribution in [-0.2, 0) is 0 Å². The van der Waals surface area contributed by atoms with Crippen LogP contribution in [0, 0.1) is 11.3 Å². The minimum Gasteiger partial charge on any atom is -0.313 e. The van der Waals surface area contributed by atoms with Gasteiger partial charge < -0.3 is 4.98 Å². The van der Waals surface area contributed by atoms with E-state index in [-0.39, 0.29) is 5.56 Å². The van der Waals surface area contributed by atoms with E-state index in [1.165, 1.54) is 6.33 Å². The van der Waals surface area contributed by atoms with Gasteiger partial charge >= 0.3 is 0 Å². The number of nitriles is 1. The number of benzene rings is 1. The highest BCUT2D eigenvalue weighted by Crippen LogP contribution is 2.09. The fourth-order valence-electron chi connectivity index (χ4n) is 1.21. The highest BCUT2D eigenvalue weighted by atomic mass is 16.1. The van der Waals surface area contributed by atoms with E-state index in [4.69, 9.17) is 5.26 Å². The summed E-state index contributed by atoms with van der Waals surface area (Å²) in [7, 11) is 0. The lowest BCUT2D eigenvalue weighted by Crippen LogP contribution is -2.07. The van der Waals surface area contributed by atoms with Crippen LogP contribution in [0.15, 0.2) is 29.3 Å². The molecule has 2 rings (SSSR count). The first-order valence-electron chi connectivity index (χ1n) is 3.69. The van der Waals surface area contributed by atoms with Gasteiger partial charge in [-0.2, -0.15) is 5.26 Å². The molecule has 1 N–H and O–H groups in total. The molecule has 0 saturated carbocycles. The number of rotatable bonds is 0. The summed E-state index contributed by atoms with van der Waals surface area (Å²) in [6, 6.07) is 6.95. The standard InChI is InChI=1S/C9H5N3O/c10-4-6-2-1-3-7-8(6)9(13)12-5-11-7/h1-3,5H,(H,11,12,13). The molecule has 0 atom stereocenters. The molecule has 62 valence electrons. The lowest BCUT2D eigenvalue weighted by Gasteiger charge is -1.95. The van der Waals surface area contributed by atoms with E-state index >= 15 is 0 Å². The molecule has 0 fully saturated rings. The molecule has 0 radical (unpaired) electrons. The van der Waals surface area contributed by atoms with Gasteiger partial charge in [-0.15, -0.1) is 0 Å². The van der Waals surface area contributed by atoms with Gasteiger partial charge in [0.15, 0.2) is 0 Å². The number of nitrogens with one attached hydrogen (secondary N) is 1. The van der Waals surface area contributed by atoms with Crippen molar-refractivity contribution in [1.29, 1.82) is 5.26 Å². The van der Waals surface area contributed by atoms with Gasteiger partial charge in [-0.3, -0.25) is 4.79 Å². The summed E-state index contributed by atoms with van der Waals surface area (Å²) in [6.07, 6.45) is 1.33. The SMILES string of the molecule is N#Cc1cccc2nc[nH]c(=O)c12. The Labute approximate surface area is 73.5 Å². The average Bonchev–Trinajstić information content (AvgIpc) is 2.17. The molecule has 4 heteroatoms. The second kappa shape index (κ2) is 2.72. The highest BCUT2D eigenvalue weighted by molar-refractivity contribution is 5.83. The normalized spacial score (nSPS) is 9.77. The minimum absolute atomic E-state index is 0.276. The van der Waals surface area contributed by atoms with Crippen molar-refractivity contribution in [3.63, 3.8) is 0 Å². The number of aromatic amines is 1. The second-order valence-corrected chi connectivity index (χ2v) is 2.54. The largest absolute Gasteiger partial charge is 0.313 e. The summed E-state index contributed by atoms with van der Waals surface area (Å²) < 4.78 is 0. The predicted molar refractivity (Wildman–Crippen MR) is 47.1 cm³/mol. The number of aromatic nitrogens is 2. The molecule has 1 heterocycles. The molecule has 0 aliphatic rings. The van der Waals surface area contributed by atoms with Crippen LogP contribution in [0.3, 0.4) is 0 Å². The quantitative estimate of drug-likeness (QED) is 0.637. The molecule has 0 aliphatic heterocycles. The third-order valence-corrected chi connectivity index (χ3v) is 1.79. The van der Waals surface area contributed by atoms with Crippen molar-refractivity contribution < 1.29 is 0 Å². The van der Waals surface area contributed by atoms with E-state index < -0.39 is 0 Å². The molecule has 0 unspecified atom stereocenters. The molecule has 0 amide bonds. The molecular formula is C9H5N3O. The summed E-state index contributed by atoms with van der Waals surface area (Å²) in [5.41, 5.74) is 0.622. The summed E-state index contributed by atoms with van der Waals surface area (Å²) in [5.74, 6) is 0. The topological polar surface area (TPSA) is 69.5 Å². The summed E-state index contributed by atoms with van der Waals surface area (Å²) in [5, 5.41) is 9.08. The molecule has 0 bridgehead atoms. The van der Waals surface area contributed by atoms with Gasteiger partial charge in [0.05, 0.1) is 22.8 Å². The van der Waals surface area contributed by atoms with Crippen molar-refractivity contribution in [1.82, 2.24) is 9.97 Å². The van der Waals surface area contributed by atoms with E-state index in [9.17, 15) is 4.79 Å². The van der Waals surface area contributed by atoms with Gasteiger partial charge in [-0.05, 0) is 12.1 Å². The molecular weight excluding hydrogens is 166 g/mol. The number of fused-ring (bicyclic) bond motifs is 1. The predicted octanol–water partition coefficient (Wildman–Crippen LogP) is 0.795. The summed E-state index contributed by atoms with van der Waals surface area (Å²) in [4.78, 5) is 17.7. The Kier molecular flexibility index (Phi) is 1.57. The van der Waals surface area contributed by atoms with Gasteiger partial charge in [0.2, 0.25) is 0 Å². The minimum atomic E-state index is -0.276. The lowest BCUT2D eigenvalue weighted by molar-refractivity contribution is 1.17. The molecule has 0 saturated heterocycles. The zero-order valence-corrected chi connectivity index (χ0v) is 6.61. The molecule has 1 aromatic carbocycles. The van der Waals surface area contributed by atoms with Crippen LogP contribution in [0.2, 0.25) is 0 Å². The first kappa shape index (κ1) is 7.50. The number of H-pyrrole nitrogens is 1. The van der Waals surface area contributed by atoms with Crippen molar-refractivity contribution in [3.8, 4) is 6.07 Å². The number of nitrogens with zero attached hydrogens (tertiary/aromatic N) is 2. The van der Waals surface area contributed by atoms with Gasteiger partial charge in [-0.25, -0.2) is 4.98 Å². The van der Waals surface area contributed by atoms with E-state index in [1.807, 2.05) is 6.07 Å². The maximum atomic E-state index is 11.3. The van der Waals surface area contributed by atoms with Crippen molar-refractivity contribution in [2.45, 2.75) is 0 Å². The molecule has 2 aromatic rings. The molecule has 4 nitrogen and oxygen atoms in total. The van der Waals surface area contributed by atoms with Crippen LogP contribution in [-0.4, -0.2) is 9.97 Å². The van der Waals surface area contributed by atoms with E-state index in [2.05, 4.69) is 9.97 Å². The Morgan fingerprint density at radius 1 is 1.46 bits per heavy atom. The molecule has 1 aromatic heterocycles. The zero-order valence-electron chi connectivity index (χ0n) is 6.61. The monoisotopic (exact) mass is 171 g/mol.